The second kappa shape index (κ2) is 6.68. The lowest BCUT2D eigenvalue weighted by atomic mass is 10.1. The summed E-state index contributed by atoms with van der Waals surface area (Å²) in [5.74, 6) is 0.800. The molecule has 0 spiro atoms. The van der Waals surface area contributed by atoms with Gasteiger partial charge in [-0.15, -0.1) is 0 Å². The van der Waals surface area contributed by atoms with Gasteiger partial charge in [-0.1, -0.05) is 11.6 Å². The van der Waals surface area contributed by atoms with Crippen LogP contribution in [0.1, 0.15) is 17.5 Å². The molecule has 0 atom stereocenters. The first-order valence-electron chi connectivity index (χ1n) is 6.83. The molecular formula is C16H19ClN2O2. The van der Waals surface area contributed by atoms with Gasteiger partial charge in [0.25, 0.3) is 5.56 Å². The molecule has 0 aliphatic heterocycles. The molecule has 0 aliphatic carbocycles. The Hall–Kier alpha value is -1.94. The van der Waals surface area contributed by atoms with Crippen LogP contribution in [0.3, 0.4) is 0 Å². The highest BCUT2D eigenvalue weighted by molar-refractivity contribution is 6.32. The lowest BCUT2D eigenvalue weighted by Crippen LogP contribution is -2.20. The van der Waals surface area contributed by atoms with E-state index in [9.17, 15) is 4.79 Å². The quantitative estimate of drug-likeness (QED) is 0.863. The van der Waals surface area contributed by atoms with Crippen LogP contribution in [0, 0.1) is 13.8 Å². The van der Waals surface area contributed by atoms with Crippen LogP contribution in [0.4, 0.5) is 5.69 Å². The first-order chi connectivity index (χ1) is 9.97. The molecule has 2 N–H and O–H groups in total. The molecule has 0 bridgehead atoms. The minimum absolute atomic E-state index is 0.0534. The molecule has 1 aromatic carbocycles. The van der Waals surface area contributed by atoms with Gasteiger partial charge in [-0.3, -0.25) is 4.79 Å². The number of nitrogens with two attached hydrogens (primary N) is 1. The molecule has 0 fully saturated rings. The number of hydrogen-bond acceptors (Lipinski definition) is 3. The van der Waals surface area contributed by atoms with Crippen LogP contribution in [0.2, 0.25) is 5.02 Å². The van der Waals surface area contributed by atoms with Crippen molar-refractivity contribution in [3.05, 3.63) is 57.0 Å². The first kappa shape index (κ1) is 15.4. The van der Waals surface area contributed by atoms with Gasteiger partial charge in [0.05, 0.1) is 6.61 Å². The predicted octanol–water partition coefficient (Wildman–Crippen LogP) is 3.17. The summed E-state index contributed by atoms with van der Waals surface area (Å²) in [6.07, 6.45) is 2.38. The van der Waals surface area contributed by atoms with Crippen molar-refractivity contribution < 1.29 is 4.74 Å². The standard InChI is InChI=1S/C16H19ClN2O2/c1-11-8-14(9-12(2)16(11)17)21-7-3-6-19-10-13(18)4-5-15(19)20/h4-5,8-10H,3,6-7,18H2,1-2H3. The third-order valence-electron chi connectivity index (χ3n) is 3.23. The fraction of sp³-hybridized carbons (Fsp3) is 0.312. The number of rotatable bonds is 5. The molecule has 0 unspecified atom stereocenters. The molecule has 2 rings (SSSR count). The normalized spacial score (nSPS) is 10.6. The summed E-state index contributed by atoms with van der Waals surface area (Å²) in [6.45, 7) is 5.01. The number of halogens is 1. The van der Waals surface area contributed by atoms with Gasteiger partial charge in [-0.25, -0.2) is 0 Å². The van der Waals surface area contributed by atoms with E-state index in [0.717, 1.165) is 28.3 Å². The van der Waals surface area contributed by atoms with Gasteiger partial charge in [-0.05, 0) is 49.6 Å². The second-order valence-electron chi connectivity index (χ2n) is 5.07. The van der Waals surface area contributed by atoms with Crippen LogP contribution < -0.4 is 16.0 Å². The summed E-state index contributed by atoms with van der Waals surface area (Å²) < 4.78 is 7.30. The van der Waals surface area contributed by atoms with E-state index in [1.807, 2.05) is 26.0 Å². The number of hydrogen-bond donors (Lipinski definition) is 1. The minimum atomic E-state index is -0.0534. The van der Waals surface area contributed by atoms with Crippen LogP contribution in [0.5, 0.6) is 5.75 Å². The molecule has 0 amide bonds. The summed E-state index contributed by atoms with van der Waals surface area (Å²) in [6, 6.07) is 6.92. The van der Waals surface area contributed by atoms with Gasteiger partial charge in [0.15, 0.2) is 0 Å². The highest BCUT2D eigenvalue weighted by atomic mass is 35.5. The van der Waals surface area contributed by atoms with Crippen molar-refractivity contribution in [2.24, 2.45) is 0 Å². The Morgan fingerprint density at radius 2 is 1.90 bits per heavy atom. The Morgan fingerprint density at radius 3 is 2.57 bits per heavy atom. The maximum absolute atomic E-state index is 11.6. The lowest BCUT2D eigenvalue weighted by Gasteiger charge is -2.11. The van der Waals surface area contributed by atoms with E-state index in [2.05, 4.69) is 0 Å². The average molecular weight is 307 g/mol. The van der Waals surface area contributed by atoms with Crippen molar-refractivity contribution >= 4 is 17.3 Å². The largest absolute Gasteiger partial charge is 0.494 e. The molecular weight excluding hydrogens is 288 g/mol. The molecule has 5 heteroatoms. The van der Waals surface area contributed by atoms with E-state index in [-0.39, 0.29) is 5.56 Å². The fourth-order valence-electron chi connectivity index (χ4n) is 2.14. The van der Waals surface area contributed by atoms with E-state index in [4.69, 9.17) is 22.1 Å². The number of nitrogens with zero attached hydrogens (tertiary/aromatic N) is 1. The molecule has 1 heterocycles. The first-order valence-corrected chi connectivity index (χ1v) is 7.20. The zero-order valence-electron chi connectivity index (χ0n) is 12.2. The SMILES string of the molecule is Cc1cc(OCCCn2cc(N)ccc2=O)cc(C)c1Cl. The van der Waals surface area contributed by atoms with Crippen molar-refractivity contribution in [1.82, 2.24) is 4.57 Å². The molecule has 0 radical (unpaired) electrons. The van der Waals surface area contributed by atoms with E-state index >= 15 is 0 Å². The summed E-state index contributed by atoms with van der Waals surface area (Å²) in [5, 5.41) is 0.772. The number of pyridine rings is 1. The molecule has 0 saturated carbocycles. The van der Waals surface area contributed by atoms with Crippen LogP contribution in [-0.2, 0) is 6.54 Å². The number of nitrogen functional groups attached to an aromatic ring is 1. The van der Waals surface area contributed by atoms with Crippen LogP contribution in [0.25, 0.3) is 0 Å². The van der Waals surface area contributed by atoms with Crippen molar-refractivity contribution in [3.8, 4) is 5.75 Å². The van der Waals surface area contributed by atoms with Gasteiger partial charge in [0.2, 0.25) is 0 Å². The van der Waals surface area contributed by atoms with Crippen LogP contribution in [-0.4, -0.2) is 11.2 Å². The molecule has 4 nitrogen and oxygen atoms in total. The maximum Gasteiger partial charge on any atom is 0.250 e. The third-order valence-corrected chi connectivity index (χ3v) is 3.82. The molecule has 1 aromatic heterocycles. The van der Waals surface area contributed by atoms with E-state index < -0.39 is 0 Å². The Bertz CT molecular complexity index is 672. The zero-order valence-corrected chi connectivity index (χ0v) is 13.0. The van der Waals surface area contributed by atoms with Crippen molar-refractivity contribution in [1.29, 1.82) is 0 Å². The third kappa shape index (κ3) is 4.02. The van der Waals surface area contributed by atoms with Gasteiger partial charge < -0.3 is 15.0 Å². The van der Waals surface area contributed by atoms with Crippen LogP contribution >= 0.6 is 11.6 Å². The van der Waals surface area contributed by atoms with Gasteiger partial charge in [0.1, 0.15) is 5.75 Å². The summed E-state index contributed by atoms with van der Waals surface area (Å²) in [7, 11) is 0. The number of aryl methyl sites for hydroxylation is 3. The molecule has 21 heavy (non-hydrogen) atoms. The highest BCUT2D eigenvalue weighted by Gasteiger charge is 2.03. The smallest absolute Gasteiger partial charge is 0.250 e. The van der Waals surface area contributed by atoms with Gasteiger partial charge >= 0.3 is 0 Å². The lowest BCUT2D eigenvalue weighted by molar-refractivity contribution is 0.300. The highest BCUT2D eigenvalue weighted by Crippen LogP contribution is 2.25. The Kier molecular flexibility index (Phi) is 4.91. The van der Waals surface area contributed by atoms with Crippen molar-refractivity contribution in [3.63, 3.8) is 0 Å². The predicted molar refractivity (Wildman–Crippen MR) is 86.2 cm³/mol. The Labute approximate surface area is 129 Å². The Morgan fingerprint density at radius 1 is 1.24 bits per heavy atom. The van der Waals surface area contributed by atoms with Gasteiger partial charge in [0, 0.05) is 29.5 Å². The number of aromatic nitrogens is 1. The second-order valence-corrected chi connectivity index (χ2v) is 5.45. The number of ether oxygens (including phenoxy) is 1. The van der Waals surface area contributed by atoms with E-state index in [1.54, 1.807) is 16.8 Å². The summed E-state index contributed by atoms with van der Waals surface area (Å²) in [5.41, 5.74) is 8.19. The van der Waals surface area contributed by atoms with E-state index in [0.29, 0.717) is 18.8 Å². The van der Waals surface area contributed by atoms with Crippen molar-refractivity contribution in [2.75, 3.05) is 12.3 Å². The molecule has 2 aromatic rings. The molecule has 0 saturated heterocycles. The fourth-order valence-corrected chi connectivity index (χ4v) is 2.25. The van der Waals surface area contributed by atoms with E-state index in [1.165, 1.54) is 6.07 Å². The average Bonchev–Trinajstić information content (AvgIpc) is 2.44. The zero-order chi connectivity index (χ0) is 15.4. The number of anilines is 1. The minimum Gasteiger partial charge on any atom is -0.494 e. The Balaban J connectivity index is 1.90. The van der Waals surface area contributed by atoms with Crippen LogP contribution in [0.15, 0.2) is 35.3 Å². The summed E-state index contributed by atoms with van der Waals surface area (Å²) >= 11 is 6.12. The molecule has 112 valence electrons. The summed E-state index contributed by atoms with van der Waals surface area (Å²) in [4.78, 5) is 11.6. The van der Waals surface area contributed by atoms with Gasteiger partial charge in [-0.2, -0.15) is 0 Å². The monoisotopic (exact) mass is 306 g/mol. The number of benzene rings is 1. The topological polar surface area (TPSA) is 57.2 Å². The molecule has 0 aliphatic rings. The maximum atomic E-state index is 11.6. The van der Waals surface area contributed by atoms with Crippen molar-refractivity contribution in [2.45, 2.75) is 26.8 Å².